The minimum Gasteiger partial charge on any atom is -0.497 e. The Labute approximate surface area is 200 Å². The van der Waals surface area contributed by atoms with Crippen molar-refractivity contribution in [3.05, 3.63) is 35.0 Å². The summed E-state index contributed by atoms with van der Waals surface area (Å²) in [6.07, 6.45) is 5.81. The lowest BCUT2D eigenvalue weighted by molar-refractivity contribution is -0.200. The molecule has 3 aliphatic heterocycles. The summed E-state index contributed by atoms with van der Waals surface area (Å²) in [4.78, 5) is 14.8. The van der Waals surface area contributed by atoms with Crippen molar-refractivity contribution in [3.8, 4) is 11.5 Å². The van der Waals surface area contributed by atoms with Crippen molar-refractivity contribution in [2.45, 2.75) is 88.4 Å². The minimum atomic E-state index is -0.796. The number of nitrogens with zero attached hydrogens (tertiary/aromatic N) is 1. The number of benzene rings is 1. The molecule has 1 N–H and O–H groups in total. The molecule has 34 heavy (non-hydrogen) atoms. The Morgan fingerprint density at radius 3 is 2.65 bits per heavy atom. The Morgan fingerprint density at radius 1 is 1.12 bits per heavy atom. The van der Waals surface area contributed by atoms with Crippen molar-refractivity contribution in [2.24, 2.45) is 0 Å². The second-order valence-corrected chi connectivity index (χ2v) is 9.82. The van der Waals surface area contributed by atoms with Gasteiger partial charge in [-0.2, -0.15) is 0 Å². The van der Waals surface area contributed by atoms with Crippen LogP contribution in [0, 0.1) is 0 Å². The van der Waals surface area contributed by atoms with Crippen LogP contribution in [0.4, 0.5) is 4.79 Å². The fourth-order valence-corrected chi connectivity index (χ4v) is 5.93. The largest absolute Gasteiger partial charge is 0.497 e. The zero-order valence-corrected chi connectivity index (χ0v) is 20.2. The van der Waals surface area contributed by atoms with E-state index in [1.54, 1.807) is 19.1 Å². The number of fused-ring (bicyclic) bond motifs is 3. The van der Waals surface area contributed by atoms with E-state index in [0.29, 0.717) is 24.5 Å². The van der Waals surface area contributed by atoms with Gasteiger partial charge in [-0.1, -0.05) is 19.4 Å². The van der Waals surface area contributed by atoms with Crippen LogP contribution >= 0.6 is 0 Å². The quantitative estimate of drug-likeness (QED) is 0.687. The highest BCUT2D eigenvalue weighted by molar-refractivity contribution is 5.71. The van der Waals surface area contributed by atoms with Crippen molar-refractivity contribution < 1.29 is 33.6 Å². The molecule has 0 radical (unpaired) electrons. The first-order chi connectivity index (χ1) is 16.4. The molecule has 1 amide bonds. The summed E-state index contributed by atoms with van der Waals surface area (Å²) >= 11 is 0. The van der Waals surface area contributed by atoms with E-state index in [9.17, 15) is 9.90 Å². The smallest absolute Gasteiger partial charge is 0.414 e. The van der Waals surface area contributed by atoms with E-state index < -0.39 is 24.1 Å². The van der Waals surface area contributed by atoms with E-state index in [4.69, 9.17) is 23.7 Å². The van der Waals surface area contributed by atoms with Gasteiger partial charge in [0.1, 0.15) is 17.6 Å². The Morgan fingerprint density at radius 2 is 1.91 bits per heavy atom. The Kier molecular flexibility index (Phi) is 6.48. The molecule has 4 aliphatic rings. The third kappa shape index (κ3) is 4.27. The number of carbonyl (C=O) groups excluding carboxylic acids is 1. The van der Waals surface area contributed by atoms with Gasteiger partial charge in [-0.3, -0.25) is 4.90 Å². The molecule has 2 unspecified atom stereocenters. The number of aliphatic hydroxyl groups is 1. The molecule has 1 spiro atoms. The van der Waals surface area contributed by atoms with E-state index in [1.807, 2.05) is 18.2 Å². The van der Waals surface area contributed by atoms with Crippen LogP contribution < -0.4 is 9.47 Å². The van der Waals surface area contributed by atoms with E-state index in [-0.39, 0.29) is 25.0 Å². The third-order valence-electron chi connectivity index (χ3n) is 7.57. The van der Waals surface area contributed by atoms with Gasteiger partial charge in [0.15, 0.2) is 5.79 Å². The van der Waals surface area contributed by atoms with Crippen molar-refractivity contribution in [3.63, 3.8) is 0 Å². The number of cyclic esters (lactones) is 1. The fourth-order valence-electron chi connectivity index (χ4n) is 5.93. The van der Waals surface area contributed by atoms with Gasteiger partial charge in [0.25, 0.3) is 0 Å². The fraction of sp³-hybridized carbons (Fsp3) is 0.654. The minimum absolute atomic E-state index is 0.0416. The molecule has 5 rings (SSSR count). The summed E-state index contributed by atoms with van der Waals surface area (Å²) in [6.45, 7) is 2.58. The van der Waals surface area contributed by atoms with E-state index in [1.165, 1.54) is 6.42 Å². The van der Waals surface area contributed by atoms with Gasteiger partial charge in [-0.15, -0.1) is 0 Å². The first kappa shape index (κ1) is 23.5. The van der Waals surface area contributed by atoms with Crippen LogP contribution in [0.25, 0.3) is 0 Å². The second-order valence-electron chi connectivity index (χ2n) is 9.82. The summed E-state index contributed by atoms with van der Waals surface area (Å²) in [6, 6.07) is 3.79. The summed E-state index contributed by atoms with van der Waals surface area (Å²) in [5.41, 5.74) is 2.65. The molecule has 0 bridgehead atoms. The Bertz CT molecular complexity index is 955. The van der Waals surface area contributed by atoms with Crippen molar-refractivity contribution in [2.75, 3.05) is 20.8 Å². The molecule has 1 aromatic carbocycles. The molecule has 4 atom stereocenters. The Hall–Kier alpha value is -2.29. The lowest BCUT2D eigenvalue weighted by Crippen LogP contribution is -2.41. The molecule has 186 valence electrons. The number of carbonyl (C=O) groups is 1. The molecular formula is C26H35NO7. The molecule has 1 aromatic rings. The highest BCUT2D eigenvalue weighted by atomic mass is 16.8. The summed E-state index contributed by atoms with van der Waals surface area (Å²) in [5, 5.41) is 11.3. The third-order valence-corrected chi connectivity index (χ3v) is 7.57. The number of allylic oxidation sites excluding steroid dienone is 1. The highest BCUT2D eigenvalue weighted by Gasteiger charge is 2.50. The van der Waals surface area contributed by atoms with E-state index in [0.717, 1.165) is 42.5 Å². The second kappa shape index (κ2) is 9.40. The van der Waals surface area contributed by atoms with Crippen LogP contribution in [-0.2, 0) is 20.8 Å². The molecule has 8 heteroatoms. The standard InChI is InChI=1S/C26H35NO7/c1-16-11-18-13-20(28)24-21(33-26(34-24)8-5-4-6-9-26)7-10-32-25(29)27(18)15-17-12-19(30-2)14-22(31-3)23(16)17/h11-12,14,16,20-21,24,28H,4-10,13,15H2,1-3H3/t16?,20?,21-,24+/m1/s1. The predicted molar refractivity (Wildman–Crippen MR) is 124 cm³/mol. The van der Waals surface area contributed by atoms with Gasteiger partial charge < -0.3 is 28.8 Å². The van der Waals surface area contributed by atoms with Gasteiger partial charge in [-0.05, 0) is 24.5 Å². The van der Waals surface area contributed by atoms with Gasteiger partial charge in [0, 0.05) is 48.9 Å². The van der Waals surface area contributed by atoms with Gasteiger partial charge >= 0.3 is 6.09 Å². The summed E-state index contributed by atoms with van der Waals surface area (Å²) < 4.78 is 29.6. The molecule has 0 aromatic heterocycles. The summed E-state index contributed by atoms with van der Waals surface area (Å²) in [7, 11) is 3.24. The maximum absolute atomic E-state index is 13.2. The van der Waals surface area contributed by atoms with Crippen molar-refractivity contribution in [1.29, 1.82) is 0 Å². The number of rotatable bonds is 2. The van der Waals surface area contributed by atoms with E-state index >= 15 is 0 Å². The maximum atomic E-state index is 13.2. The normalized spacial score (nSPS) is 30.9. The number of aliphatic hydroxyl groups excluding tert-OH is 1. The van der Waals surface area contributed by atoms with Crippen molar-refractivity contribution in [1.82, 2.24) is 4.90 Å². The number of ether oxygens (including phenoxy) is 5. The molecule has 3 fully saturated rings. The Balaban J connectivity index is 1.47. The molecule has 3 heterocycles. The predicted octanol–water partition coefficient (Wildman–Crippen LogP) is 4.24. The average molecular weight is 474 g/mol. The van der Waals surface area contributed by atoms with Crippen LogP contribution in [0.3, 0.4) is 0 Å². The maximum Gasteiger partial charge on any atom is 0.414 e. The zero-order valence-electron chi connectivity index (χ0n) is 20.2. The topological polar surface area (TPSA) is 86.7 Å². The lowest BCUT2D eigenvalue weighted by atomic mass is 9.93. The average Bonchev–Trinajstić information content (AvgIpc) is 3.11. The van der Waals surface area contributed by atoms with Crippen LogP contribution in [0.2, 0.25) is 0 Å². The van der Waals surface area contributed by atoms with Crippen LogP contribution in [0.1, 0.15) is 68.9 Å². The van der Waals surface area contributed by atoms with Gasteiger partial charge in [0.2, 0.25) is 0 Å². The van der Waals surface area contributed by atoms with Crippen molar-refractivity contribution >= 4 is 6.09 Å². The number of hydrogen-bond donors (Lipinski definition) is 1. The van der Waals surface area contributed by atoms with E-state index in [2.05, 4.69) is 6.92 Å². The molecular weight excluding hydrogens is 438 g/mol. The molecule has 2 saturated heterocycles. The zero-order chi connectivity index (χ0) is 23.9. The first-order valence-electron chi connectivity index (χ1n) is 12.4. The SMILES string of the molecule is COc1cc2c(c(OC)c1)C(C)C=C1CC(O)[C@@H]3OC4(CCCCC4)O[C@@H]3CCOC(=O)N1C2. The van der Waals surface area contributed by atoms with Crippen LogP contribution in [0.15, 0.2) is 23.9 Å². The number of methoxy groups -OCH3 is 2. The monoisotopic (exact) mass is 473 g/mol. The van der Waals surface area contributed by atoms with Crippen LogP contribution in [-0.4, -0.2) is 61.0 Å². The van der Waals surface area contributed by atoms with Crippen LogP contribution in [0.5, 0.6) is 11.5 Å². The first-order valence-corrected chi connectivity index (χ1v) is 12.4. The highest BCUT2D eigenvalue weighted by Crippen LogP contribution is 2.44. The van der Waals surface area contributed by atoms with Gasteiger partial charge in [0.05, 0.1) is 39.6 Å². The number of hydrogen-bond acceptors (Lipinski definition) is 7. The summed E-state index contributed by atoms with van der Waals surface area (Å²) in [5.74, 6) is 0.722. The molecule has 1 aliphatic carbocycles. The van der Waals surface area contributed by atoms with Gasteiger partial charge in [-0.25, -0.2) is 4.79 Å². The molecule has 1 saturated carbocycles. The molecule has 8 nitrogen and oxygen atoms in total. The number of amides is 1. The lowest BCUT2D eigenvalue weighted by Gasteiger charge is -2.32.